The Balaban J connectivity index is 2.93. The van der Waals surface area contributed by atoms with Gasteiger partial charge in [0, 0.05) is 11.6 Å². The van der Waals surface area contributed by atoms with Gasteiger partial charge in [-0.25, -0.2) is 0 Å². The minimum atomic E-state index is 0.761. The van der Waals surface area contributed by atoms with Crippen LogP contribution in [0.2, 0.25) is 5.02 Å². The molecule has 0 amide bonds. The molecule has 0 saturated carbocycles. The molecule has 1 aromatic heterocycles. The zero-order valence-corrected chi connectivity index (χ0v) is 9.72. The van der Waals surface area contributed by atoms with E-state index in [4.69, 9.17) is 16.3 Å². The van der Waals surface area contributed by atoms with Gasteiger partial charge in [-0.3, -0.25) is 4.98 Å². The highest BCUT2D eigenvalue weighted by molar-refractivity contribution is 6.36. The van der Waals surface area contributed by atoms with E-state index in [-0.39, 0.29) is 0 Å². The van der Waals surface area contributed by atoms with Gasteiger partial charge in [0.2, 0.25) is 0 Å². The van der Waals surface area contributed by atoms with E-state index in [9.17, 15) is 0 Å². The van der Waals surface area contributed by atoms with Crippen LogP contribution in [0.3, 0.4) is 0 Å². The molecule has 1 aromatic carbocycles. The summed E-state index contributed by atoms with van der Waals surface area (Å²) >= 11 is 6.26. The van der Waals surface area contributed by atoms with Crippen molar-refractivity contribution in [2.75, 3.05) is 7.11 Å². The number of aryl methyl sites for hydroxylation is 2. The van der Waals surface area contributed by atoms with Crippen LogP contribution < -0.4 is 4.74 Å². The van der Waals surface area contributed by atoms with Crippen LogP contribution in [0.25, 0.3) is 10.9 Å². The molecule has 0 aliphatic carbocycles. The van der Waals surface area contributed by atoms with Crippen LogP contribution in [0.1, 0.15) is 11.1 Å². The maximum absolute atomic E-state index is 6.26. The van der Waals surface area contributed by atoms with Gasteiger partial charge in [0.25, 0.3) is 0 Å². The fourth-order valence-electron chi connectivity index (χ4n) is 1.66. The predicted octanol–water partition coefficient (Wildman–Crippen LogP) is 3.51. The van der Waals surface area contributed by atoms with Crippen molar-refractivity contribution in [2.24, 2.45) is 0 Å². The monoisotopic (exact) mass is 221 g/mol. The van der Waals surface area contributed by atoms with E-state index in [1.54, 1.807) is 13.3 Å². The van der Waals surface area contributed by atoms with Gasteiger partial charge in [-0.05, 0) is 31.0 Å². The molecule has 0 atom stereocenters. The third-order valence-electron chi connectivity index (χ3n) is 2.52. The van der Waals surface area contributed by atoms with Crippen LogP contribution in [0.15, 0.2) is 18.3 Å². The van der Waals surface area contributed by atoms with Crippen LogP contribution in [0.5, 0.6) is 5.75 Å². The van der Waals surface area contributed by atoms with Crippen LogP contribution in [-0.2, 0) is 0 Å². The highest BCUT2D eigenvalue weighted by atomic mass is 35.5. The van der Waals surface area contributed by atoms with Crippen molar-refractivity contribution in [2.45, 2.75) is 13.8 Å². The molecule has 1 heterocycles. The second-order valence-corrected chi connectivity index (χ2v) is 3.94. The lowest BCUT2D eigenvalue weighted by Gasteiger charge is -2.09. The molecule has 78 valence electrons. The third kappa shape index (κ3) is 1.55. The first-order chi connectivity index (χ1) is 7.15. The first kappa shape index (κ1) is 10.2. The van der Waals surface area contributed by atoms with E-state index in [1.807, 2.05) is 26.0 Å². The Morgan fingerprint density at radius 1 is 1.20 bits per heavy atom. The normalized spacial score (nSPS) is 10.7. The highest BCUT2D eigenvalue weighted by Gasteiger charge is 2.10. The Morgan fingerprint density at radius 2 is 1.93 bits per heavy atom. The molecule has 0 bridgehead atoms. The zero-order chi connectivity index (χ0) is 11.0. The third-order valence-corrected chi connectivity index (χ3v) is 3.01. The molecule has 0 saturated heterocycles. The number of benzene rings is 1. The highest BCUT2D eigenvalue weighted by Crippen LogP contribution is 2.33. The Labute approximate surface area is 93.8 Å². The van der Waals surface area contributed by atoms with Crippen LogP contribution >= 0.6 is 11.6 Å². The quantitative estimate of drug-likeness (QED) is 0.735. The van der Waals surface area contributed by atoms with Crippen molar-refractivity contribution in [3.8, 4) is 5.75 Å². The number of methoxy groups -OCH3 is 1. The molecule has 15 heavy (non-hydrogen) atoms. The van der Waals surface area contributed by atoms with E-state index >= 15 is 0 Å². The van der Waals surface area contributed by atoms with Crippen LogP contribution in [0, 0.1) is 13.8 Å². The second-order valence-electron chi connectivity index (χ2n) is 3.56. The van der Waals surface area contributed by atoms with Gasteiger partial charge in [0.15, 0.2) is 0 Å². The molecule has 0 unspecified atom stereocenters. The van der Waals surface area contributed by atoms with E-state index in [1.165, 1.54) is 0 Å². The van der Waals surface area contributed by atoms with Crippen molar-refractivity contribution < 1.29 is 4.74 Å². The van der Waals surface area contributed by atoms with Crippen molar-refractivity contribution in [1.29, 1.82) is 0 Å². The van der Waals surface area contributed by atoms with Gasteiger partial charge in [-0.15, -0.1) is 0 Å². The molecule has 2 rings (SSSR count). The van der Waals surface area contributed by atoms with Crippen molar-refractivity contribution in [3.05, 3.63) is 34.5 Å². The van der Waals surface area contributed by atoms with E-state index in [0.717, 1.165) is 32.8 Å². The maximum atomic E-state index is 6.26. The van der Waals surface area contributed by atoms with Gasteiger partial charge < -0.3 is 4.74 Å². The van der Waals surface area contributed by atoms with Crippen LogP contribution in [0.4, 0.5) is 0 Å². The summed E-state index contributed by atoms with van der Waals surface area (Å²) in [5.41, 5.74) is 2.93. The summed E-state index contributed by atoms with van der Waals surface area (Å²) in [6.45, 7) is 3.97. The zero-order valence-electron chi connectivity index (χ0n) is 8.97. The molecule has 0 N–H and O–H groups in total. The Morgan fingerprint density at radius 3 is 2.60 bits per heavy atom. The van der Waals surface area contributed by atoms with Gasteiger partial charge in [-0.1, -0.05) is 17.7 Å². The lowest BCUT2D eigenvalue weighted by Crippen LogP contribution is -1.91. The Bertz CT molecular complexity index is 523. The first-order valence-corrected chi connectivity index (χ1v) is 5.11. The number of ether oxygens (including phenoxy) is 1. The molecule has 0 aliphatic rings. The standard InChI is InChI=1S/C12H12ClNO/c1-7-4-5-9(15-3)12-10(7)11(13)8(2)6-14-12/h4-6H,1-3H3. The first-order valence-electron chi connectivity index (χ1n) is 4.73. The Hall–Kier alpha value is -1.28. The summed E-state index contributed by atoms with van der Waals surface area (Å²) in [5, 5.41) is 1.74. The smallest absolute Gasteiger partial charge is 0.145 e. The number of fused-ring (bicyclic) bond motifs is 1. The molecular formula is C12H12ClNO. The minimum Gasteiger partial charge on any atom is -0.494 e. The average Bonchev–Trinajstić information content (AvgIpc) is 2.24. The number of aromatic nitrogens is 1. The van der Waals surface area contributed by atoms with Crippen molar-refractivity contribution in [3.63, 3.8) is 0 Å². The summed E-state index contributed by atoms with van der Waals surface area (Å²) in [6, 6.07) is 3.91. The lowest BCUT2D eigenvalue weighted by atomic mass is 10.1. The summed E-state index contributed by atoms with van der Waals surface area (Å²) in [5.74, 6) is 0.762. The molecule has 2 aromatic rings. The van der Waals surface area contributed by atoms with Crippen molar-refractivity contribution >= 4 is 22.5 Å². The molecule has 0 radical (unpaired) electrons. The van der Waals surface area contributed by atoms with Crippen molar-refractivity contribution in [1.82, 2.24) is 4.98 Å². The summed E-state index contributed by atoms with van der Waals surface area (Å²) < 4.78 is 5.26. The van der Waals surface area contributed by atoms with Crippen LogP contribution in [-0.4, -0.2) is 12.1 Å². The van der Waals surface area contributed by atoms with Gasteiger partial charge in [0.05, 0.1) is 12.1 Å². The largest absolute Gasteiger partial charge is 0.494 e. The lowest BCUT2D eigenvalue weighted by molar-refractivity contribution is 0.419. The van der Waals surface area contributed by atoms with E-state index < -0.39 is 0 Å². The maximum Gasteiger partial charge on any atom is 0.145 e. The molecular weight excluding hydrogens is 210 g/mol. The average molecular weight is 222 g/mol. The molecule has 2 nitrogen and oxygen atoms in total. The second kappa shape index (κ2) is 3.70. The molecule has 3 heteroatoms. The Kier molecular flexibility index (Phi) is 2.53. The molecule has 0 spiro atoms. The number of pyridine rings is 1. The number of hydrogen-bond acceptors (Lipinski definition) is 2. The van der Waals surface area contributed by atoms with E-state index in [2.05, 4.69) is 4.98 Å². The molecule has 0 fully saturated rings. The van der Waals surface area contributed by atoms with Gasteiger partial charge in [-0.2, -0.15) is 0 Å². The van der Waals surface area contributed by atoms with E-state index in [0.29, 0.717) is 0 Å². The topological polar surface area (TPSA) is 22.1 Å². The summed E-state index contributed by atoms with van der Waals surface area (Å²) in [6.07, 6.45) is 1.77. The van der Waals surface area contributed by atoms with Gasteiger partial charge in [0.1, 0.15) is 11.3 Å². The number of hydrogen-bond donors (Lipinski definition) is 0. The number of halogens is 1. The number of nitrogens with zero attached hydrogens (tertiary/aromatic N) is 1. The fourth-order valence-corrected chi connectivity index (χ4v) is 1.95. The van der Waals surface area contributed by atoms with Gasteiger partial charge >= 0.3 is 0 Å². The number of rotatable bonds is 1. The minimum absolute atomic E-state index is 0.761. The SMILES string of the molecule is COc1ccc(C)c2c(Cl)c(C)cnc12. The fraction of sp³-hybridized carbons (Fsp3) is 0.250. The summed E-state index contributed by atoms with van der Waals surface area (Å²) in [7, 11) is 1.64. The predicted molar refractivity (Wildman–Crippen MR) is 62.8 cm³/mol. The summed E-state index contributed by atoms with van der Waals surface area (Å²) in [4.78, 5) is 4.36. The molecule has 0 aliphatic heterocycles.